The smallest absolute Gasteiger partial charge is 0.207 e. The second-order valence-electron chi connectivity index (χ2n) is 5.32. The first-order valence-corrected chi connectivity index (χ1v) is 9.70. The molecule has 0 radical (unpaired) electrons. The summed E-state index contributed by atoms with van der Waals surface area (Å²) in [5.74, 6) is -0.338. The molecule has 0 aliphatic carbocycles. The summed E-state index contributed by atoms with van der Waals surface area (Å²) >= 11 is 1.19. The Bertz CT molecular complexity index is 877. The minimum absolute atomic E-state index is 0.190. The highest BCUT2D eigenvalue weighted by Gasteiger charge is 2.25. The van der Waals surface area contributed by atoms with Crippen molar-refractivity contribution in [3.05, 3.63) is 89.1 Å². The van der Waals surface area contributed by atoms with E-state index in [2.05, 4.69) is 0 Å². The molecule has 0 aliphatic heterocycles. The molecule has 0 unspecified atom stereocenters. The van der Waals surface area contributed by atoms with E-state index in [9.17, 15) is 12.8 Å². The summed E-state index contributed by atoms with van der Waals surface area (Å²) in [7, 11) is -3.61. The van der Waals surface area contributed by atoms with Crippen LogP contribution in [0.15, 0.2) is 76.3 Å². The molecule has 0 amide bonds. The Morgan fingerprint density at radius 1 is 0.833 bits per heavy atom. The number of rotatable bonds is 6. The minimum atomic E-state index is -3.61. The first-order chi connectivity index (χ1) is 11.6. The van der Waals surface area contributed by atoms with Gasteiger partial charge in [-0.15, -0.1) is 11.3 Å². The molecule has 24 heavy (non-hydrogen) atoms. The van der Waals surface area contributed by atoms with Gasteiger partial charge in [-0.3, -0.25) is 0 Å². The van der Waals surface area contributed by atoms with E-state index in [1.54, 1.807) is 29.6 Å². The van der Waals surface area contributed by atoms with Gasteiger partial charge in [-0.2, -0.15) is 4.31 Å². The van der Waals surface area contributed by atoms with Crippen molar-refractivity contribution in [2.45, 2.75) is 17.3 Å². The number of sulfonamides is 1. The van der Waals surface area contributed by atoms with Crippen molar-refractivity contribution in [2.75, 3.05) is 0 Å². The van der Waals surface area contributed by atoms with E-state index in [0.29, 0.717) is 4.21 Å². The molecule has 1 aromatic heterocycles. The molecule has 3 aromatic rings. The maximum atomic E-state index is 13.1. The van der Waals surface area contributed by atoms with Gasteiger partial charge in [0.05, 0.1) is 0 Å². The Morgan fingerprint density at radius 3 is 2.04 bits per heavy atom. The summed E-state index contributed by atoms with van der Waals surface area (Å²) in [6.45, 7) is 0.452. The first-order valence-electron chi connectivity index (χ1n) is 7.38. The highest BCUT2D eigenvalue weighted by molar-refractivity contribution is 7.91. The van der Waals surface area contributed by atoms with Crippen molar-refractivity contribution in [3.63, 3.8) is 0 Å². The lowest BCUT2D eigenvalue weighted by Crippen LogP contribution is -2.29. The van der Waals surface area contributed by atoms with Crippen LogP contribution in [0.1, 0.15) is 11.1 Å². The van der Waals surface area contributed by atoms with Crippen LogP contribution in [-0.2, 0) is 23.1 Å². The Hall–Kier alpha value is -2.02. The molecule has 0 spiro atoms. The molecule has 0 atom stereocenters. The fourth-order valence-corrected chi connectivity index (χ4v) is 4.90. The number of hydrogen-bond donors (Lipinski definition) is 0. The topological polar surface area (TPSA) is 37.4 Å². The van der Waals surface area contributed by atoms with Gasteiger partial charge in [0.2, 0.25) is 0 Å². The maximum absolute atomic E-state index is 13.1. The molecule has 0 bridgehead atoms. The molecular weight excluding hydrogens is 345 g/mol. The number of benzene rings is 2. The number of hydrogen-bond acceptors (Lipinski definition) is 3. The van der Waals surface area contributed by atoms with Gasteiger partial charge in [0.25, 0.3) is 10.0 Å². The molecule has 124 valence electrons. The fourth-order valence-electron chi connectivity index (χ4n) is 2.34. The standard InChI is InChI=1S/C18H16FNO2S2/c19-17-10-8-16(9-11-17)14-20(13-15-5-2-1-3-6-15)24(21,22)18-7-4-12-23-18/h1-12H,13-14H2. The third-order valence-electron chi connectivity index (χ3n) is 3.56. The molecular formula is C18H16FNO2S2. The fraction of sp³-hybridized carbons (Fsp3) is 0.111. The summed E-state index contributed by atoms with van der Waals surface area (Å²) < 4.78 is 40.7. The van der Waals surface area contributed by atoms with E-state index < -0.39 is 10.0 Å². The third-order valence-corrected chi connectivity index (χ3v) is 6.73. The quantitative estimate of drug-likeness (QED) is 0.657. The van der Waals surface area contributed by atoms with Crippen LogP contribution in [0.4, 0.5) is 4.39 Å². The van der Waals surface area contributed by atoms with Crippen molar-refractivity contribution in [3.8, 4) is 0 Å². The molecule has 3 rings (SSSR count). The van der Waals surface area contributed by atoms with Crippen molar-refractivity contribution >= 4 is 21.4 Å². The molecule has 0 fully saturated rings. The van der Waals surface area contributed by atoms with Gasteiger partial charge < -0.3 is 0 Å². The van der Waals surface area contributed by atoms with Crippen LogP contribution in [0.25, 0.3) is 0 Å². The lowest BCUT2D eigenvalue weighted by Gasteiger charge is -2.21. The van der Waals surface area contributed by atoms with E-state index in [0.717, 1.165) is 11.1 Å². The summed E-state index contributed by atoms with van der Waals surface area (Å²) in [4.78, 5) is 0. The van der Waals surface area contributed by atoms with Crippen molar-refractivity contribution < 1.29 is 12.8 Å². The van der Waals surface area contributed by atoms with Crippen LogP contribution in [0.2, 0.25) is 0 Å². The van der Waals surface area contributed by atoms with Gasteiger partial charge in [-0.05, 0) is 34.7 Å². The van der Waals surface area contributed by atoms with Gasteiger partial charge in [0.15, 0.2) is 0 Å². The van der Waals surface area contributed by atoms with Gasteiger partial charge in [-0.1, -0.05) is 48.5 Å². The molecule has 3 nitrogen and oxygen atoms in total. The highest BCUT2D eigenvalue weighted by atomic mass is 32.2. The number of thiophene rings is 1. The second kappa shape index (κ2) is 7.25. The van der Waals surface area contributed by atoms with Crippen LogP contribution >= 0.6 is 11.3 Å². The Labute approximate surface area is 145 Å². The van der Waals surface area contributed by atoms with E-state index in [4.69, 9.17) is 0 Å². The molecule has 0 saturated heterocycles. The zero-order valence-corrected chi connectivity index (χ0v) is 14.4. The normalized spacial score (nSPS) is 11.8. The van der Waals surface area contributed by atoms with Crippen LogP contribution in [0, 0.1) is 5.82 Å². The average Bonchev–Trinajstić information content (AvgIpc) is 3.12. The van der Waals surface area contributed by atoms with Crippen LogP contribution < -0.4 is 0 Å². The second-order valence-corrected chi connectivity index (χ2v) is 8.43. The van der Waals surface area contributed by atoms with Gasteiger partial charge >= 0.3 is 0 Å². The van der Waals surface area contributed by atoms with Crippen molar-refractivity contribution in [1.82, 2.24) is 4.31 Å². The van der Waals surface area contributed by atoms with E-state index in [1.165, 1.54) is 27.8 Å². The number of nitrogens with zero attached hydrogens (tertiary/aromatic N) is 1. The largest absolute Gasteiger partial charge is 0.253 e. The minimum Gasteiger partial charge on any atom is -0.207 e. The van der Waals surface area contributed by atoms with Gasteiger partial charge in [0, 0.05) is 13.1 Å². The zero-order chi connectivity index (χ0) is 17.0. The predicted molar refractivity (Wildman–Crippen MR) is 93.6 cm³/mol. The van der Waals surface area contributed by atoms with Gasteiger partial charge in [0.1, 0.15) is 10.0 Å². The van der Waals surface area contributed by atoms with E-state index >= 15 is 0 Å². The molecule has 0 saturated carbocycles. The van der Waals surface area contributed by atoms with Crippen LogP contribution in [0.3, 0.4) is 0 Å². The maximum Gasteiger partial charge on any atom is 0.253 e. The molecule has 1 heterocycles. The van der Waals surface area contributed by atoms with Crippen LogP contribution in [0.5, 0.6) is 0 Å². The predicted octanol–water partition coefficient (Wildman–Crippen LogP) is 4.28. The highest BCUT2D eigenvalue weighted by Crippen LogP contribution is 2.24. The Balaban J connectivity index is 1.93. The lowest BCUT2D eigenvalue weighted by molar-refractivity contribution is 0.402. The van der Waals surface area contributed by atoms with Crippen LogP contribution in [-0.4, -0.2) is 12.7 Å². The molecule has 0 aliphatic rings. The molecule has 2 aromatic carbocycles. The van der Waals surface area contributed by atoms with Crippen molar-refractivity contribution in [2.24, 2.45) is 0 Å². The van der Waals surface area contributed by atoms with Crippen molar-refractivity contribution in [1.29, 1.82) is 0 Å². The third kappa shape index (κ3) is 3.90. The Kier molecular flexibility index (Phi) is 5.08. The summed E-state index contributed by atoms with van der Waals surface area (Å²) in [6.07, 6.45) is 0. The SMILES string of the molecule is O=S(=O)(c1cccs1)N(Cc1ccccc1)Cc1ccc(F)cc1. The first kappa shape index (κ1) is 16.8. The lowest BCUT2D eigenvalue weighted by atomic mass is 10.2. The molecule has 6 heteroatoms. The van der Waals surface area contributed by atoms with E-state index in [-0.39, 0.29) is 18.9 Å². The number of halogens is 1. The monoisotopic (exact) mass is 361 g/mol. The molecule has 0 N–H and O–H groups in total. The summed E-state index contributed by atoms with van der Waals surface area (Å²) in [5.41, 5.74) is 1.65. The van der Waals surface area contributed by atoms with Gasteiger partial charge in [-0.25, -0.2) is 12.8 Å². The van der Waals surface area contributed by atoms with E-state index in [1.807, 2.05) is 30.3 Å². The Morgan fingerprint density at radius 2 is 1.46 bits per heavy atom. The summed E-state index contributed by atoms with van der Waals surface area (Å²) in [6, 6.07) is 18.6. The summed E-state index contributed by atoms with van der Waals surface area (Å²) in [5, 5.41) is 1.74. The zero-order valence-electron chi connectivity index (χ0n) is 12.8. The average molecular weight is 361 g/mol.